The number of methoxy groups -OCH3 is 1. The molecule has 0 aliphatic heterocycles. The molecule has 0 atom stereocenters. The van der Waals surface area contributed by atoms with Crippen LogP contribution in [0, 0.1) is 3.57 Å². The van der Waals surface area contributed by atoms with Gasteiger partial charge < -0.3 is 4.74 Å². The van der Waals surface area contributed by atoms with Gasteiger partial charge in [-0.3, -0.25) is 0 Å². The molecule has 0 amide bonds. The molecule has 64 valence electrons. The van der Waals surface area contributed by atoms with Gasteiger partial charge in [-0.05, 0) is 40.8 Å². The standard InChI is InChI=1S/C8H6ClIO2/c1-12-8(11)6-4-5(9)2-3-7(6)10/h2-4H,1H3. The first-order chi connectivity index (χ1) is 5.65. The third kappa shape index (κ3) is 2.10. The van der Waals surface area contributed by atoms with E-state index in [1.54, 1.807) is 18.2 Å². The Kier molecular flexibility index (Phi) is 3.34. The van der Waals surface area contributed by atoms with E-state index in [4.69, 9.17) is 11.6 Å². The van der Waals surface area contributed by atoms with Crippen molar-refractivity contribution in [2.24, 2.45) is 0 Å². The summed E-state index contributed by atoms with van der Waals surface area (Å²) in [5.74, 6) is -0.359. The molecule has 1 rings (SSSR count). The zero-order valence-electron chi connectivity index (χ0n) is 6.30. The summed E-state index contributed by atoms with van der Waals surface area (Å²) in [5.41, 5.74) is 0.505. The van der Waals surface area contributed by atoms with Gasteiger partial charge in [0.2, 0.25) is 0 Å². The third-order valence-corrected chi connectivity index (χ3v) is 2.51. The number of benzene rings is 1. The van der Waals surface area contributed by atoms with Crippen LogP contribution in [-0.2, 0) is 4.74 Å². The Labute approximate surface area is 89.0 Å². The van der Waals surface area contributed by atoms with E-state index in [-0.39, 0.29) is 5.97 Å². The van der Waals surface area contributed by atoms with Crippen LogP contribution in [0.2, 0.25) is 5.02 Å². The zero-order chi connectivity index (χ0) is 9.14. The molecule has 4 heteroatoms. The van der Waals surface area contributed by atoms with Crippen molar-refractivity contribution in [3.63, 3.8) is 0 Å². The Hall–Kier alpha value is -0.290. The van der Waals surface area contributed by atoms with Crippen molar-refractivity contribution in [3.8, 4) is 0 Å². The highest BCUT2D eigenvalue weighted by Gasteiger charge is 2.09. The van der Waals surface area contributed by atoms with E-state index in [9.17, 15) is 4.79 Å². The summed E-state index contributed by atoms with van der Waals surface area (Å²) in [6.07, 6.45) is 0. The predicted molar refractivity (Wildman–Crippen MR) is 55.5 cm³/mol. The molecule has 0 radical (unpaired) electrons. The summed E-state index contributed by atoms with van der Waals surface area (Å²) in [6, 6.07) is 5.10. The van der Waals surface area contributed by atoms with Crippen molar-refractivity contribution >= 4 is 40.2 Å². The second kappa shape index (κ2) is 4.09. The van der Waals surface area contributed by atoms with Crippen molar-refractivity contribution < 1.29 is 9.53 Å². The zero-order valence-corrected chi connectivity index (χ0v) is 9.22. The number of ether oxygens (including phenoxy) is 1. The molecule has 1 aromatic rings. The fraction of sp³-hybridized carbons (Fsp3) is 0.125. The molecule has 0 fully saturated rings. The summed E-state index contributed by atoms with van der Waals surface area (Å²) < 4.78 is 5.41. The van der Waals surface area contributed by atoms with E-state index in [0.29, 0.717) is 10.6 Å². The van der Waals surface area contributed by atoms with Crippen molar-refractivity contribution in [1.29, 1.82) is 0 Å². The minimum atomic E-state index is -0.359. The Morgan fingerprint density at radius 2 is 2.25 bits per heavy atom. The second-order valence-corrected chi connectivity index (χ2v) is 3.71. The number of carbonyl (C=O) groups excluding carboxylic acids is 1. The lowest BCUT2D eigenvalue weighted by molar-refractivity contribution is 0.0599. The van der Waals surface area contributed by atoms with Crippen LogP contribution in [0.25, 0.3) is 0 Å². The average Bonchev–Trinajstić information content (AvgIpc) is 2.08. The van der Waals surface area contributed by atoms with Gasteiger partial charge in [0.05, 0.1) is 12.7 Å². The highest BCUT2D eigenvalue weighted by Crippen LogP contribution is 2.18. The van der Waals surface area contributed by atoms with Crippen LogP contribution in [0.4, 0.5) is 0 Å². The van der Waals surface area contributed by atoms with Gasteiger partial charge in [-0.2, -0.15) is 0 Å². The van der Waals surface area contributed by atoms with Crippen molar-refractivity contribution in [2.45, 2.75) is 0 Å². The minimum Gasteiger partial charge on any atom is -0.465 e. The molecule has 0 aliphatic rings. The van der Waals surface area contributed by atoms with Crippen molar-refractivity contribution in [2.75, 3.05) is 7.11 Å². The molecule has 0 saturated carbocycles. The van der Waals surface area contributed by atoms with Crippen LogP contribution in [-0.4, -0.2) is 13.1 Å². The Balaban J connectivity index is 3.13. The van der Waals surface area contributed by atoms with Crippen molar-refractivity contribution in [3.05, 3.63) is 32.4 Å². The molecule has 0 N–H and O–H groups in total. The summed E-state index contributed by atoms with van der Waals surface area (Å²) in [7, 11) is 1.35. The van der Waals surface area contributed by atoms with Gasteiger partial charge in [-0.1, -0.05) is 11.6 Å². The highest BCUT2D eigenvalue weighted by molar-refractivity contribution is 14.1. The molecule has 0 aliphatic carbocycles. The third-order valence-electron chi connectivity index (χ3n) is 1.33. The topological polar surface area (TPSA) is 26.3 Å². The number of hydrogen-bond donors (Lipinski definition) is 0. The van der Waals surface area contributed by atoms with Crippen LogP contribution < -0.4 is 0 Å². The second-order valence-electron chi connectivity index (χ2n) is 2.12. The van der Waals surface area contributed by atoms with E-state index < -0.39 is 0 Å². The summed E-state index contributed by atoms with van der Waals surface area (Å²) in [4.78, 5) is 11.1. The van der Waals surface area contributed by atoms with E-state index in [0.717, 1.165) is 3.57 Å². The summed E-state index contributed by atoms with van der Waals surface area (Å²) >= 11 is 7.76. The van der Waals surface area contributed by atoms with E-state index in [2.05, 4.69) is 27.3 Å². The fourth-order valence-corrected chi connectivity index (χ4v) is 1.49. The Morgan fingerprint density at radius 1 is 1.58 bits per heavy atom. The van der Waals surface area contributed by atoms with E-state index in [1.807, 2.05) is 0 Å². The molecule has 0 bridgehead atoms. The predicted octanol–water partition coefficient (Wildman–Crippen LogP) is 2.73. The van der Waals surface area contributed by atoms with Gasteiger partial charge in [0.15, 0.2) is 0 Å². The number of esters is 1. The smallest absolute Gasteiger partial charge is 0.338 e. The minimum absolute atomic E-state index is 0.359. The highest BCUT2D eigenvalue weighted by atomic mass is 127. The maximum absolute atomic E-state index is 11.1. The lowest BCUT2D eigenvalue weighted by Gasteiger charge is -2.01. The monoisotopic (exact) mass is 296 g/mol. The Morgan fingerprint density at radius 3 is 2.83 bits per heavy atom. The lowest BCUT2D eigenvalue weighted by Crippen LogP contribution is -2.03. The fourth-order valence-electron chi connectivity index (χ4n) is 0.764. The first kappa shape index (κ1) is 9.80. The number of halogens is 2. The molecule has 0 saturated heterocycles. The maximum atomic E-state index is 11.1. The van der Waals surface area contributed by atoms with Crippen LogP contribution in [0.5, 0.6) is 0 Å². The van der Waals surface area contributed by atoms with Crippen LogP contribution >= 0.6 is 34.2 Å². The SMILES string of the molecule is COC(=O)c1cc(Cl)ccc1I. The number of hydrogen-bond acceptors (Lipinski definition) is 2. The first-order valence-corrected chi connectivity index (χ1v) is 4.64. The Bertz CT molecular complexity index is 312. The maximum Gasteiger partial charge on any atom is 0.338 e. The molecule has 1 aromatic carbocycles. The largest absolute Gasteiger partial charge is 0.465 e. The van der Waals surface area contributed by atoms with Gasteiger partial charge in [-0.25, -0.2) is 4.79 Å². The quantitative estimate of drug-likeness (QED) is 0.588. The lowest BCUT2D eigenvalue weighted by atomic mass is 10.2. The number of carbonyl (C=O) groups is 1. The van der Waals surface area contributed by atoms with Gasteiger partial charge in [0.25, 0.3) is 0 Å². The van der Waals surface area contributed by atoms with Crippen LogP contribution in [0.3, 0.4) is 0 Å². The van der Waals surface area contributed by atoms with E-state index >= 15 is 0 Å². The molecule has 0 heterocycles. The van der Waals surface area contributed by atoms with Crippen LogP contribution in [0.1, 0.15) is 10.4 Å². The average molecular weight is 296 g/mol. The molecular formula is C8H6ClIO2. The van der Waals surface area contributed by atoms with Gasteiger partial charge in [-0.15, -0.1) is 0 Å². The number of rotatable bonds is 1. The normalized spacial score (nSPS) is 9.58. The van der Waals surface area contributed by atoms with Gasteiger partial charge in [0.1, 0.15) is 0 Å². The van der Waals surface area contributed by atoms with Crippen molar-refractivity contribution in [1.82, 2.24) is 0 Å². The summed E-state index contributed by atoms with van der Waals surface area (Å²) in [6.45, 7) is 0. The molecule has 0 unspecified atom stereocenters. The molecule has 12 heavy (non-hydrogen) atoms. The molecule has 0 aromatic heterocycles. The molecule has 2 nitrogen and oxygen atoms in total. The molecular weight excluding hydrogens is 290 g/mol. The van der Waals surface area contributed by atoms with Gasteiger partial charge >= 0.3 is 5.97 Å². The first-order valence-electron chi connectivity index (χ1n) is 3.18. The van der Waals surface area contributed by atoms with E-state index in [1.165, 1.54) is 7.11 Å². The van der Waals surface area contributed by atoms with Gasteiger partial charge in [0, 0.05) is 8.59 Å². The molecule has 0 spiro atoms. The van der Waals surface area contributed by atoms with Crippen LogP contribution in [0.15, 0.2) is 18.2 Å². The summed E-state index contributed by atoms with van der Waals surface area (Å²) in [5, 5.41) is 0.538.